The Morgan fingerprint density at radius 2 is 2.06 bits per heavy atom. The Kier molecular flexibility index (Phi) is 4.73. The van der Waals surface area contributed by atoms with Gasteiger partial charge in [-0.2, -0.15) is 0 Å². The van der Waals surface area contributed by atoms with Crippen molar-refractivity contribution in [1.82, 2.24) is 5.32 Å². The minimum atomic E-state index is -1.66. The molecule has 0 heterocycles. The van der Waals surface area contributed by atoms with Gasteiger partial charge in [-0.1, -0.05) is 0 Å². The Hall–Kier alpha value is -2.02. The smallest absolute Gasteiger partial charge is 0.330 e. The predicted octanol–water partition coefficient (Wildman–Crippen LogP) is 0.0354. The Morgan fingerprint density at radius 3 is 2.67 bits per heavy atom. The van der Waals surface area contributed by atoms with Crippen molar-refractivity contribution in [1.29, 1.82) is 0 Å². The molecule has 0 saturated carbocycles. The van der Waals surface area contributed by atoms with Gasteiger partial charge in [-0.3, -0.25) is 4.79 Å². The van der Waals surface area contributed by atoms with Crippen LogP contribution in [0.15, 0.2) is 18.2 Å². The fourth-order valence-electron chi connectivity index (χ4n) is 1.28. The van der Waals surface area contributed by atoms with E-state index < -0.39 is 29.6 Å². The van der Waals surface area contributed by atoms with Crippen LogP contribution in [0.1, 0.15) is 5.56 Å². The molecule has 7 heteroatoms. The molecule has 0 bridgehead atoms. The van der Waals surface area contributed by atoms with Crippen molar-refractivity contribution in [2.45, 2.75) is 12.5 Å². The molecule has 18 heavy (non-hydrogen) atoms. The van der Waals surface area contributed by atoms with E-state index in [1.165, 1.54) is 0 Å². The number of carbonyl (C=O) groups is 2. The van der Waals surface area contributed by atoms with Crippen LogP contribution in [0.4, 0.5) is 8.78 Å². The maximum atomic E-state index is 13.2. The number of halogens is 2. The summed E-state index contributed by atoms with van der Waals surface area (Å²) in [5.74, 6) is -3.50. The Balaban J connectivity index is 2.49. The number of benzene rings is 1. The minimum Gasteiger partial charge on any atom is -0.480 e. The van der Waals surface area contributed by atoms with Crippen LogP contribution < -0.4 is 11.1 Å². The van der Waals surface area contributed by atoms with Crippen molar-refractivity contribution in [2.75, 3.05) is 6.54 Å². The molecule has 1 rings (SSSR count). The van der Waals surface area contributed by atoms with E-state index in [-0.39, 0.29) is 18.5 Å². The number of rotatable bonds is 5. The van der Waals surface area contributed by atoms with Crippen molar-refractivity contribution in [3.8, 4) is 0 Å². The largest absolute Gasteiger partial charge is 0.480 e. The van der Waals surface area contributed by atoms with Gasteiger partial charge < -0.3 is 16.2 Å². The monoisotopic (exact) mass is 258 g/mol. The van der Waals surface area contributed by atoms with E-state index in [4.69, 9.17) is 10.8 Å². The Morgan fingerprint density at radius 1 is 1.39 bits per heavy atom. The lowest BCUT2D eigenvalue weighted by molar-refractivity contribution is -0.142. The number of hydrogen-bond acceptors (Lipinski definition) is 3. The molecule has 0 saturated heterocycles. The van der Waals surface area contributed by atoms with E-state index in [1.54, 1.807) is 0 Å². The van der Waals surface area contributed by atoms with Gasteiger partial charge in [-0.05, 0) is 30.2 Å². The van der Waals surface area contributed by atoms with E-state index in [2.05, 4.69) is 5.32 Å². The third kappa shape index (κ3) is 3.77. The normalized spacial score (nSPS) is 11.9. The molecule has 1 aromatic rings. The predicted molar refractivity (Wildman–Crippen MR) is 58.7 cm³/mol. The second kappa shape index (κ2) is 6.06. The summed E-state index contributed by atoms with van der Waals surface area (Å²) in [4.78, 5) is 21.5. The molecule has 1 unspecified atom stereocenters. The van der Waals surface area contributed by atoms with Crippen LogP contribution >= 0.6 is 0 Å². The van der Waals surface area contributed by atoms with E-state index in [0.29, 0.717) is 0 Å². The lowest BCUT2D eigenvalue weighted by Crippen LogP contribution is -2.46. The maximum absolute atomic E-state index is 13.2. The van der Waals surface area contributed by atoms with Crippen LogP contribution in [0, 0.1) is 11.6 Å². The zero-order valence-corrected chi connectivity index (χ0v) is 9.32. The van der Waals surface area contributed by atoms with Crippen molar-refractivity contribution in [2.24, 2.45) is 5.73 Å². The Labute approximate surface area is 102 Å². The molecule has 0 aliphatic heterocycles. The van der Waals surface area contributed by atoms with Crippen LogP contribution in [0.2, 0.25) is 0 Å². The second-order valence-corrected chi connectivity index (χ2v) is 3.59. The van der Waals surface area contributed by atoms with Crippen molar-refractivity contribution in [3.63, 3.8) is 0 Å². The molecule has 1 amide bonds. The van der Waals surface area contributed by atoms with Crippen molar-refractivity contribution >= 4 is 11.9 Å². The summed E-state index contributed by atoms with van der Waals surface area (Å²) in [5, 5.41) is 10.7. The number of nitrogens with one attached hydrogen (secondary N) is 1. The minimum absolute atomic E-state index is 0.0276. The fraction of sp³-hybridized carbons (Fsp3) is 0.273. The molecular weight excluding hydrogens is 246 g/mol. The van der Waals surface area contributed by atoms with E-state index in [0.717, 1.165) is 18.2 Å². The molecule has 0 spiro atoms. The summed E-state index contributed by atoms with van der Waals surface area (Å²) in [7, 11) is 0. The topological polar surface area (TPSA) is 92.4 Å². The van der Waals surface area contributed by atoms with E-state index >= 15 is 0 Å². The first-order valence-corrected chi connectivity index (χ1v) is 5.12. The third-order valence-corrected chi connectivity index (χ3v) is 2.25. The number of carboxylic acids is 1. The first-order valence-electron chi connectivity index (χ1n) is 5.12. The highest BCUT2D eigenvalue weighted by Crippen LogP contribution is 2.09. The summed E-state index contributed by atoms with van der Waals surface area (Å²) < 4.78 is 26.0. The number of hydrogen-bond donors (Lipinski definition) is 3. The summed E-state index contributed by atoms with van der Waals surface area (Å²) >= 11 is 0. The van der Waals surface area contributed by atoms with Crippen molar-refractivity contribution < 1.29 is 23.5 Å². The second-order valence-electron chi connectivity index (χ2n) is 3.59. The molecule has 0 radical (unpaired) electrons. The van der Waals surface area contributed by atoms with Gasteiger partial charge in [0.1, 0.15) is 11.6 Å². The van der Waals surface area contributed by atoms with E-state index in [1.807, 2.05) is 0 Å². The fourth-order valence-corrected chi connectivity index (χ4v) is 1.28. The van der Waals surface area contributed by atoms with Gasteiger partial charge in [0.15, 0.2) is 6.04 Å². The van der Waals surface area contributed by atoms with Crippen LogP contribution in [0.3, 0.4) is 0 Å². The molecule has 98 valence electrons. The average Bonchev–Trinajstić information content (AvgIpc) is 2.32. The summed E-state index contributed by atoms with van der Waals surface area (Å²) in [5.41, 5.74) is 5.14. The first-order chi connectivity index (χ1) is 8.41. The number of carboxylic acid groups (broad SMARTS) is 1. The standard InChI is InChI=1S/C11H12F2N2O3/c12-7-1-2-8(13)6(5-7)3-4-15-10(16)9(14)11(17)18/h1-2,5,9H,3-4,14H2,(H,15,16)(H,17,18). The van der Waals surface area contributed by atoms with Crippen LogP contribution in [-0.4, -0.2) is 29.6 Å². The molecule has 5 nitrogen and oxygen atoms in total. The number of carbonyl (C=O) groups excluding carboxylic acids is 1. The van der Waals surface area contributed by atoms with Gasteiger partial charge in [0.05, 0.1) is 0 Å². The lowest BCUT2D eigenvalue weighted by atomic mass is 10.1. The SMILES string of the molecule is NC(C(=O)O)C(=O)NCCc1cc(F)ccc1F. The summed E-state index contributed by atoms with van der Waals surface area (Å²) in [6.07, 6.45) is 0.0433. The highest BCUT2D eigenvalue weighted by molar-refractivity contribution is 6.00. The number of amides is 1. The van der Waals surface area contributed by atoms with Crippen LogP contribution in [0.25, 0.3) is 0 Å². The molecular formula is C11H12F2N2O3. The highest BCUT2D eigenvalue weighted by atomic mass is 19.1. The van der Waals surface area contributed by atoms with Gasteiger partial charge in [-0.15, -0.1) is 0 Å². The highest BCUT2D eigenvalue weighted by Gasteiger charge is 2.20. The van der Waals surface area contributed by atoms with Gasteiger partial charge in [0.25, 0.3) is 0 Å². The Bertz CT molecular complexity index is 466. The lowest BCUT2D eigenvalue weighted by Gasteiger charge is -2.08. The zero-order chi connectivity index (χ0) is 13.7. The third-order valence-electron chi connectivity index (χ3n) is 2.25. The molecule has 0 aromatic heterocycles. The molecule has 4 N–H and O–H groups in total. The molecule has 0 aliphatic rings. The quantitative estimate of drug-likeness (QED) is 0.650. The molecule has 1 atom stereocenters. The number of nitrogens with two attached hydrogens (primary N) is 1. The van der Waals surface area contributed by atoms with Crippen LogP contribution in [-0.2, 0) is 16.0 Å². The van der Waals surface area contributed by atoms with Gasteiger partial charge in [0.2, 0.25) is 5.91 Å². The zero-order valence-electron chi connectivity index (χ0n) is 9.32. The number of aliphatic carboxylic acids is 1. The van der Waals surface area contributed by atoms with Crippen molar-refractivity contribution in [3.05, 3.63) is 35.4 Å². The van der Waals surface area contributed by atoms with Gasteiger partial charge in [0, 0.05) is 6.54 Å². The van der Waals surface area contributed by atoms with Crippen LogP contribution in [0.5, 0.6) is 0 Å². The average molecular weight is 258 g/mol. The summed E-state index contributed by atoms with van der Waals surface area (Å²) in [6.45, 7) is -0.0276. The first kappa shape index (κ1) is 14.0. The molecule has 0 aliphatic carbocycles. The van der Waals surface area contributed by atoms with E-state index in [9.17, 15) is 18.4 Å². The van der Waals surface area contributed by atoms with Gasteiger partial charge >= 0.3 is 5.97 Å². The van der Waals surface area contributed by atoms with Gasteiger partial charge in [-0.25, -0.2) is 13.6 Å². The summed E-state index contributed by atoms with van der Waals surface area (Å²) in [6, 6.07) is 1.31. The maximum Gasteiger partial charge on any atom is 0.330 e. The molecule has 0 fully saturated rings. The molecule has 1 aromatic carbocycles.